The first-order valence-electron chi connectivity index (χ1n) is 9.64. The molecule has 31 heavy (non-hydrogen) atoms. The summed E-state index contributed by atoms with van der Waals surface area (Å²) in [6.45, 7) is 2.44. The van der Waals surface area contributed by atoms with E-state index in [1.54, 1.807) is 24.3 Å². The average molecular weight is 474 g/mol. The topological polar surface area (TPSA) is 39.5 Å². The minimum absolute atomic E-state index is 0.121. The molecule has 4 rings (SSSR count). The lowest BCUT2D eigenvalue weighted by Gasteiger charge is -2.29. The lowest BCUT2D eigenvalue weighted by Crippen LogP contribution is -2.36. The molecule has 0 bridgehead atoms. The third kappa shape index (κ3) is 4.48. The van der Waals surface area contributed by atoms with Crippen molar-refractivity contribution in [1.29, 1.82) is 0 Å². The molecular formula is C21H20Cl2F3N3O2. The molecule has 0 aliphatic carbocycles. The molecule has 2 aromatic carbocycles. The van der Waals surface area contributed by atoms with Crippen LogP contribution in [0.25, 0.3) is 11.0 Å². The van der Waals surface area contributed by atoms with E-state index in [1.807, 2.05) is 6.07 Å². The Kier molecular flexibility index (Phi) is 6.35. The molecule has 2 heterocycles. The Balaban J connectivity index is 1.92. The first-order valence-corrected chi connectivity index (χ1v) is 10.4. The van der Waals surface area contributed by atoms with Gasteiger partial charge in [0, 0.05) is 31.5 Å². The van der Waals surface area contributed by atoms with E-state index in [9.17, 15) is 13.2 Å². The lowest BCUT2D eigenvalue weighted by molar-refractivity contribution is -0.146. The second-order valence-corrected chi connectivity index (χ2v) is 8.02. The summed E-state index contributed by atoms with van der Waals surface area (Å²) in [4.78, 5) is 6.06. The van der Waals surface area contributed by atoms with Crippen LogP contribution in [0.15, 0.2) is 30.3 Å². The van der Waals surface area contributed by atoms with Crippen molar-refractivity contribution in [2.75, 3.05) is 38.3 Å². The number of aromatic nitrogens is 2. The summed E-state index contributed by atoms with van der Waals surface area (Å²) in [6.07, 6.45) is -4.65. The van der Waals surface area contributed by atoms with Gasteiger partial charge in [-0.2, -0.15) is 13.2 Å². The Morgan fingerprint density at radius 3 is 2.55 bits per heavy atom. The van der Waals surface area contributed by atoms with Gasteiger partial charge >= 0.3 is 6.18 Å². The van der Waals surface area contributed by atoms with Crippen LogP contribution in [-0.2, 0) is 28.8 Å². The molecule has 1 aliphatic rings. The molecule has 166 valence electrons. The first-order chi connectivity index (χ1) is 14.8. The van der Waals surface area contributed by atoms with Crippen LogP contribution in [-0.4, -0.2) is 43.0 Å². The van der Waals surface area contributed by atoms with Gasteiger partial charge in [0.25, 0.3) is 0 Å². The number of halogens is 5. The van der Waals surface area contributed by atoms with Crippen molar-refractivity contribution < 1.29 is 22.6 Å². The maximum atomic E-state index is 13.9. The Morgan fingerprint density at radius 1 is 1.13 bits per heavy atom. The van der Waals surface area contributed by atoms with Crippen molar-refractivity contribution >= 4 is 39.9 Å². The number of imidazole rings is 1. The molecule has 1 fully saturated rings. The second kappa shape index (κ2) is 8.86. The number of alkyl halides is 3. The van der Waals surface area contributed by atoms with Crippen LogP contribution in [0.5, 0.6) is 0 Å². The van der Waals surface area contributed by atoms with Crippen molar-refractivity contribution in [2.45, 2.75) is 19.3 Å². The zero-order valence-electron chi connectivity index (χ0n) is 16.7. The van der Waals surface area contributed by atoms with E-state index in [2.05, 4.69) is 9.88 Å². The van der Waals surface area contributed by atoms with Gasteiger partial charge in [-0.3, -0.25) is 0 Å². The van der Waals surface area contributed by atoms with Crippen molar-refractivity contribution in [2.24, 2.45) is 0 Å². The summed E-state index contributed by atoms with van der Waals surface area (Å²) in [5.41, 5.74) is 2.48. The van der Waals surface area contributed by atoms with Crippen molar-refractivity contribution in [3.05, 3.63) is 57.3 Å². The Labute approximate surface area is 187 Å². The maximum Gasteiger partial charge on any atom is 0.449 e. The van der Waals surface area contributed by atoms with Gasteiger partial charge in [0.05, 0.1) is 47.4 Å². The molecule has 0 spiro atoms. The highest BCUT2D eigenvalue weighted by Gasteiger charge is 2.38. The van der Waals surface area contributed by atoms with Gasteiger partial charge in [0.1, 0.15) is 0 Å². The molecule has 0 amide bonds. The van der Waals surface area contributed by atoms with E-state index < -0.39 is 12.0 Å². The number of nitrogens with zero attached hydrogens (tertiary/aromatic N) is 3. The molecule has 1 aromatic heterocycles. The van der Waals surface area contributed by atoms with Gasteiger partial charge < -0.3 is 18.9 Å². The third-order valence-corrected chi connectivity index (χ3v) is 6.07. The van der Waals surface area contributed by atoms with E-state index in [1.165, 1.54) is 7.11 Å². The monoisotopic (exact) mass is 473 g/mol. The number of benzene rings is 2. The zero-order valence-corrected chi connectivity index (χ0v) is 18.2. The summed E-state index contributed by atoms with van der Waals surface area (Å²) in [5.74, 6) is -0.991. The molecule has 1 saturated heterocycles. The number of ether oxygens (including phenoxy) is 2. The fourth-order valence-corrected chi connectivity index (χ4v) is 4.14. The molecule has 0 radical (unpaired) electrons. The molecule has 0 atom stereocenters. The average Bonchev–Trinajstić information content (AvgIpc) is 3.11. The fraction of sp³-hybridized carbons (Fsp3) is 0.381. The Bertz CT molecular complexity index is 1100. The van der Waals surface area contributed by atoms with Gasteiger partial charge in [-0.1, -0.05) is 35.3 Å². The zero-order chi connectivity index (χ0) is 22.2. The normalized spacial score (nSPS) is 15.1. The number of morpholine rings is 1. The van der Waals surface area contributed by atoms with Gasteiger partial charge in [-0.25, -0.2) is 4.98 Å². The van der Waals surface area contributed by atoms with Crippen LogP contribution in [0.3, 0.4) is 0 Å². The van der Waals surface area contributed by atoms with E-state index in [-0.39, 0.29) is 28.7 Å². The summed E-state index contributed by atoms with van der Waals surface area (Å²) in [7, 11) is 1.50. The summed E-state index contributed by atoms with van der Waals surface area (Å²) >= 11 is 12.4. The first kappa shape index (κ1) is 22.2. The van der Waals surface area contributed by atoms with Crippen molar-refractivity contribution in [3.63, 3.8) is 0 Å². The van der Waals surface area contributed by atoms with Crippen LogP contribution in [0.1, 0.15) is 17.0 Å². The summed E-state index contributed by atoms with van der Waals surface area (Å²) in [5, 5.41) is 0.506. The predicted octanol–water partition coefficient (Wildman–Crippen LogP) is 5.39. The molecule has 1 aliphatic heterocycles. The molecule has 5 nitrogen and oxygen atoms in total. The largest absolute Gasteiger partial charge is 0.449 e. The van der Waals surface area contributed by atoms with Gasteiger partial charge in [0.15, 0.2) is 0 Å². The van der Waals surface area contributed by atoms with Crippen LogP contribution >= 0.6 is 23.2 Å². The Hall–Kier alpha value is -2.00. The predicted molar refractivity (Wildman–Crippen MR) is 114 cm³/mol. The molecule has 0 saturated carbocycles. The number of hydrogen-bond acceptors (Lipinski definition) is 4. The van der Waals surface area contributed by atoms with E-state index in [0.717, 1.165) is 10.3 Å². The fourth-order valence-electron chi connectivity index (χ4n) is 3.76. The van der Waals surface area contributed by atoms with Crippen molar-refractivity contribution in [3.8, 4) is 0 Å². The Morgan fingerprint density at radius 2 is 1.87 bits per heavy atom. The highest BCUT2D eigenvalue weighted by Crippen LogP contribution is 2.36. The summed E-state index contributed by atoms with van der Waals surface area (Å²) in [6, 6.07) is 8.48. The quantitative estimate of drug-likeness (QED) is 0.497. The highest BCUT2D eigenvalue weighted by atomic mass is 35.5. The molecule has 3 aromatic rings. The van der Waals surface area contributed by atoms with Crippen LogP contribution in [0.2, 0.25) is 10.0 Å². The highest BCUT2D eigenvalue weighted by molar-refractivity contribution is 6.42. The smallest absolute Gasteiger partial charge is 0.380 e. The van der Waals surface area contributed by atoms with E-state index in [4.69, 9.17) is 32.7 Å². The number of rotatable bonds is 5. The number of methoxy groups -OCH3 is 1. The third-order valence-electron chi connectivity index (χ3n) is 5.21. The number of fused-ring (bicyclic) bond motifs is 1. The van der Waals surface area contributed by atoms with Gasteiger partial charge in [-0.05, 0) is 23.8 Å². The standard InChI is InChI=1S/C21H20Cl2F3N3O2/c1-30-12-14-9-15(28-5-7-31-8-6-28)10-17-19(14)27-20(21(24,25)26)29(17)11-13-3-2-4-16(22)18(13)23/h2-4,9-10H,5-8,11-12H2,1H3. The van der Waals surface area contributed by atoms with Crippen LogP contribution < -0.4 is 4.90 Å². The SMILES string of the molecule is COCc1cc(N2CCOCC2)cc2c1nc(C(F)(F)F)n2Cc1cccc(Cl)c1Cl. The van der Waals surface area contributed by atoms with E-state index in [0.29, 0.717) is 42.9 Å². The van der Waals surface area contributed by atoms with Crippen molar-refractivity contribution in [1.82, 2.24) is 9.55 Å². The minimum Gasteiger partial charge on any atom is -0.380 e. The van der Waals surface area contributed by atoms with Gasteiger partial charge in [0.2, 0.25) is 5.82 Å². The molecule has 0 N–H and O–H groups in total. The summed E-state index contributed by atoms with van der Waals surface area (Å²) < 4.78 is 53.6. The molecular weight excluding hydrogens is 454 g/mol. The molecule has 10 heteroatoms. The van der Waals surface area contributed by atoms with E-state index >= 15 is 0 Å². The lowest BCUT2D eigenvalue weighted by atomic mass is 10.1. The van der Waals surface area contributed by atoms with Gasteiger partial charge in [-0.15, -0.1) is 0 Å². The number of hydrogen-bond donors (Lipinski definition) is 0. The minimum atomic E-state index is -4.65. The van der Waals surface area contributed by atoms with Crippen LogP contribution in [0, 0.1) is 0 Å². The maximum absolute atomic E-state index is 13.9. The van der Waals surface area contributed by atoms with Crippen LogP contribution in [0.4, 0.5) is 18.9 Å². The molecule has 0 unspecified atom stereocenters. The second-order valence-electron chi connectivity index (χ2n) is 7.24. The number of anilines is 1.